The third-order valence-electron chi connectivity index (χ3n) is 0.906. The van der Waals surface area contributed by atoms with Gasteiger partial charge in [0, 0.05) is 7.05 Å². The van der Waals surface area contributed by atoms with Gasteiger partial charge in [-0.2, -0.15) is 5.26 Å². The molecule has 0 aliphatic heterocycles. The summed E-state index contributed by atoms with van der Waals surface area (Å²) in [5.74, 6) is 0.669. The average molecular weight is 139 g/mol. The van der Waals surface area contributed by atoms with E-state index in [-0.39, 0.29) is 0 Å². The lowest BCUT2D eigenvalue weighted by Crippen LogP contribution is -1.88. The van der Waals surface area contributed by atoms with Crippen LogP contribution in [-0.4, -0.2) is 12.0 Å². The van der Waals surface area contributed by atoms with Crippen molar-refractivity contribution in [2.24, 2.45) is 0 Å². The summed E-state index contributed by atoms with van der Waals surface area (Å²) in [7, 11) is 1.75. The maximum absolute atomic E-state index is 8.42. The average Bonchev–Trinajstić information content (AvgIpc) is 2.33. The highest BCUT2D eigenvalue weighted by molar-refractivity contribution is 7.10. The van der Waals surface area contributed by atoms with E-state index in [2.05, 4.69) is 10.3 Å². The van der Waals surface area contributed by atoms with Gasteiger partial charge in [0.2, 0.25) is 0 Å². The van der Waals surface area contributed by atoms with Crippen molar-refractivity contribution in [1.29, 1.82) is 5.26 Å². The van der Waals surface area contributed by atoms with Crippen LogP contribution < -0.4 is 5.32 Å². The molecule has 9 heavy (non-hydrogen) atoms. The molecule has 1 heterocycles. The molecule has 0 saturated heterocycles. The number of nitrogens with one attached hydrogen (secondary N) is 1. The second-order valence-corrected chi connectivity index (χ2v) is 2.25. The highest BCUT2D eigenvalue weighted by atomic mass is 32.1. The van der Waals surface area contributed by atoms with Crippen LogP contribution in [0.25, 0.3) is 0 Å². The molecule has 0 fully saturated rings. The normalized spacial score (nSPS) is 8.44. The zero-order valence-corrected chi connectivity index (χ0v) is 5.70. The van der Waals surface area contributed by atoms with Gasteiger partial charge in [-0.15, -0.1) is 11.3 Å². The number of anilines is 1. The van der Waals surface area contributed by atoms with E-state index in [0.717, 1.165) is 0 Å². The summed E-state index contributed by atoms with van der Waals surface area (Å²) in [6, 6.07) is 2.02. The molecule has 0 saturated carbocycles. The minimum Gasteiger partial charge on any atom is -0.371 e. The highest BCUT2D eigenvalue weighted by Crippen LogP contribution is 2.15. The molecule has 1 rings (SSSR count). The predicted molar refractivity (Wildman–Crippen MR) is 36.4 cm³/mol. The van der Waals surface area contributed by atoms with Crippen molar-refractivity contribution in [3.05, 3.63) is 10.4 Å². The van der Waals surface area contributed by atoms with Crippen LogP contribution in [0.2, 0.25) is 0 Å². The largest absolute Gasteiger partial charge is 0.371 e. The molecule has 0 bridgehead atoms. The van der Waals surface area contributed by atoms with Crippen molar-refractivity contribution in [3.8, 4) is 6.07 Å². The Morgan fingerprint density at radius 1 is 1.89 bits per heavy atom. The molecule has 1 N–H and O–H groups in total. The first-order valence-corrected chi connectivity index (χ1v) is 3.27. The Kier molecular flexibility index (Phi) is 1.66. The van der Waals surface area contributed by atoms with Crippen LogP contribution in [0.5, 0.6) is 0 Å². The molecule has 3 nitrogen and oxygen atoms in total. The second-order valence-electron chi connectivity index (χ2n) is 1.39. The summed E-state index contributed by atoms with van der Waals surface area (Å²) in [5.41, 5.74) is 1.64. The van der Waals surface area contributed by atoms with Gasteiger partial charge in [-0.1, -0.05) is 0 Å². The SMILES string of the molecule is CNc1ncsc1C#N. The summed E-state index contributed by atoms with van der Waals surface area (Å²) in [4.78, 5) is 4.53. The molecule has 0 unspecified atom stereocenters. The van der Waals surface area contributed by atoms with E-state index in [1.165, 1.54) is 11.3 Å². The number of aromatic nitrogens is 1. The maximum atomic E-state index is 8.42. The Balaban J connectivity index is 3.02. The lowest BCUT2D eigenvalue weighted by molar-refractivity contribution is 1.34. The summed E-state index contributed by atoms with van der Waals surface area (Å²) >= 11 is 1.34. The number of nitriles is 1. The topological polar surface area (TPSA) is 48.7 Å². The number of nitrogens with zero attached hydrogens (tertiary/aromatic N) is 2. The minimum absolute atomic E-state index is 0.637. The Bertz CT molecular complexity index is 235. The minimum atomic E-state index is 0.637. The molecule has 0 radical (unpaired) electrons. The molecule has 4 heteroatoms. The van der Waals surface area contributed by atoms with Crippen LogP contribution in [0.15, 0.2) is 5.51 Å². The Hall–Kier alpha value is -1.08. The Morgan fingerprint density at radius 3 is 3.11 bits per heavy atom. The quantitative estimate of drug-likeness (QED) is 0.632. The van der Waals surface area contributed by atoms with Crippen LogP contribution in [0.1, 0.15) is 4.88 Å². The summed E-state index contributed by atoms with van der Waals surface area (Å²) in [5, 5.41) is 11.2. The zero-order chi connectivity index (χ0) is 6.69. The zero-order valence-electron chi connectivity index (χ0n) is 4.88. The van der Waals surface area contributed by atoms with Crippen LogP contribution in [0.3, 0.4) is 0 Å². The fourth-order valence-corrected chi connectivity index (χ4v) is 1.09. The van der Waals surface area contributed by atoms with Crippen LogP contribution in [0, 0.1) is 11.3 Å². The van der Waals surface area contributed by atoms with Gasteiger partial charge in [-0.3, -0.25) is 0 Å². The van der Waals surface area contributed by atoms with Gasteiger partial charge >= 0.3 is 0 Å². The Labute approximate surface area is 57.0 Å². The van der Waals surface area contributed by atoms with Crippen molar-refractivity contribution in [3.63, 3.8) is 0 Å². The lowest BCUT2D eigenvalue weighted by Gasteiger charge is -1.88. The van der Waals surface area contributed by atoms with Crippen molar-refractivity contribution in [2.45, 2.75) is 0 Å². The summed E-state index contributed by atoms with van der Waals surface area (Å²) in [6.45, 7) is 0. The number of rotatable bonds is 1. The van der Waals surface area contributed by atoms with Crippen molar-refractivity contribution in [2.75, 3.05) is 12.4 Å². The first-order valence-electron chi connectivity index (χ1n) is 2.40. The van der Waals surface area contributed by atoms with E-state index in [4.69, 9.17) is 5.26 Å². The fourth-order valence-electron chi connectivity index (χ4n) is 0.504. The van der Waals surface area contributed by atoms with E-state index in [1.807, 2.05) is 6.07 Å². The van der Waals surface area contributed by atoms with E-state index in [1.54, 1.807) is 12.6 Å². The summed E-state index contributed by atoms with van der Waals surface area (Å²) < 4.78 is 0. The smallest absolute Gasteiger partial charge is 0.154 e. The van der Waals surface area contributed by atoms with Gasteiger partial charge in [-0.05, 0) is 0 Å². The van der Waals surface area contributed by atoms with Gasteiger partial charge in [-0.25, -0.2) is 4.98 Å². The first kappa shape index (κ1) is 6.05. The first-order chi connectivity index (χ1) is 4.38. The van der Waals surface area contributed by atoms with Crippen molar-refractivity contribution < 1.29 is 0 Å². The predicted octanol–water partition coefficient (Wildman–Crippen LogP) is 1.06. The molecule has 46 valence electrons. The van der Waals surface area contributed by atoms with Gasteiger partial charge in [0.15, 0.2) is 5.82 Å². The molecule has 1 aromatic rings. The van der Waals surface area contributed by atoms with Crippen LogP contribution in [0.4, 0.5) is 5.82 Å². The molecule has 0 aliphatic rings. The molecule has 1 aromatic heterocycles. The highest BCUT2D eigenvalue weighted by Gasteiger charge is 1.99. The molecule has 0 aliphatic carbocycles. The monoisotopic (exact) mass is 139 g/mol. The van der Waals surface area contributed by atoms with E-state index in [0.29, 0.717) is 10.7 Å². The van der Waals surface area contributed by atoms with Gasteiger partial charge in [0.05, 0.1) is 5.51 Å². The van der Waals surface area contributed by atoms with Gasteiger partial charge in [0.25, 0.3) is 0 Å². The lowest BCUT2D eigenvalue weighted by atomic mass is 10.5. The molecule has 0 aromatic carbocycles. The number of thiazole rings is 1. The molecule has 0 atom stereocenters. The molecular weight excluding hydrogens is 134 g/mol. The number of hydrogen-bond acceptors (Lipinski definition) is 4. The molecule has 0 spiro atoms. The second kappa shape index (κ2) is 2.46. The van der Waals surface area contributed by atoms with E-state index < -0.39 is 0 Å². The molecular formula is C5H5N3S. The van der Waals surface area contributed by atoms with Gasteiger partial charge < -0.3 is 5.32 Å². The van der Waals surface area contributed by atoms with E-state index >= 15 is 0 Å². The van der Waals surface area contributed by atoms with E-state index in [9.17, 15) is 0 Å². The third kappa shape index (κ3) is 1.00. The Morgan fingerprint density at radius 2 is 2.67 bits per heavy atom. The standard InChI is InChI=1S/C5H5N3S/c1-7-5-4(2-6)9-3-8-5/h3,7H,1H3. The third-order valence-corrected chi connectivity index (χ3v) is 1.64. The summed E-state index contributed by atoms with van der Waals surface area (Å²) in [6.07, 6.45) is 0. The maximum Gasteiger partial charge on any atom is 0.154 e. The van der Waals surface area contributed by atoms with Crippen molar-refractivity contribution in [1.82, 2.24) is 4.98 Å². The fraction of sp³-hybridized carbons (Fsp3) is 0.200. The van der Waals surface area contributed by atoms with Crippen LogP contribution in [-0.2, 0) is 0 Å². The molecule has 0 amide bonds. The van der Waals surface area contributed by atoms with Crippen LogP contribution >= 0.6 is 11.3 Å². The number of hydrogen-bond donors (Lipinski definition) is 1. The van der Waals surface area contributed by atoms with Crippen molar-refractivity contribution >= 4 is 17.2 Å². The van der Waals surface area contributed by atoms with Gasteiger partial charge in [0.1, 0.15) is 10.9 Å².